The average molecular weight is 182 g/mol. The van der Waals surface area contributed by atoms with E-state index in [1.54, 1.807) is 0 Å². The van der Waals surface area contributed by atoms with Gasteiger partial charge in [0.2, 0.25) is 0 Å². The molecular formula is C11H20NO. The lowest BCUT2D eigenvalue weighted by atomic mass is 10.1. The third-order valence-electron chi connectivity index (χ3n) is 2.70. The van der Waals surface area contributed by atoms with Gasteiger partial charge in [0.1, 0.15) is 0 Å². The van der Waals surface area contributed by atoms with Gasteiger partial charge < -0.3 is 4.90 Å². The first kappa shape index (κ1) is 10.7. The quantitative estimate of drug-likeness (QED) is 0.587. The molecule has 0 aliphatic carbocycles. The van der Waals surface area contributed by atoms with E-state index in [0.29, 0.717) is 6.42 Å². The van der Waals surface area contributed by atoms with Gasteiger partial charge in [-0.25, -0.2) is 0 Å². The van der Waals surface area contributed by atoms with Crippen molar-refractivity contribution >= 4 is 6.29 Å². The van der Waals surface area contributed by atoms with Crippen LogP contribution in [-0.2, 0) is 4.79 Å². The Labute approximate surface area is 81.3 Å². The Morgan fingerprint density at radius 1 is 1.00 bits per heavy atom. The first-order valence-corrected chi connectivity index (χ1v) is 5.51. The van der Waals surface area contributed by atoms with E-state index in [0.717, 1.165) is 6.42 Å². The zero-order valence-electron chi connectivity index (χ0n) is 8.43. The maximum atomic E-state index is 9.93. The molecule has 1 aliphatic rings. The van der Waals surface area contributed by atoms with Gasteiger partial charge in [0, 0.05) is 6.42 Å². The molecule has 0 bridgehead atoms. The molecule has 13 heavy (non-hydrogen) atoms. The van der Waals surface area contributed by atoms with Crippen LogP contribution in [0.4, 0.5) is 0 Å². The number of carbonyl (C=O) groups excluding carboxylic acids is 1. The van der Waals surface area contributed by atoms with Crippen LogP contribution in [0.3, 0.4) is 0 Å². The minimum atomic E-state index is 0.625. The normalized spacial score (nSPS) is 18.8. The SMILES string of the molecule is O=[C]CCCCCN1CCCCC1. The summed E-state index contributed by atoms with van der Waals surface area (Å²) in [5.74, 6) is 0. The van der Waals surface area contributed by atoms with Gasteiger partial charge in [0.25, 0.3) is 0 Å². The lowest BCUT2D eigenvalue weighted by molar-refractivity contribution is 0.224. The van der Waals surface area contributed by atoms with Crippen molar-refractivity contribution in [2.24, 2.45) is 0 Å². The van der Waals surface area contributed by atoms with Crippen molar-refractivity contribution in [2.75, 3.05) is 19.6 Å². The maximum absolute atomic E-state index is 9.93. The van der Waals surface area contributed by atoms with Gasteiger partial charge in [0.05, 0.1) is 0 Å². The molecule has 1 fully saturated rings. The highest BCUT2D eigenvalue weighted by Gasteiger charge is 2.08. The van der Waals surface area contributed by atoms with Gasteiger partial charge in [-0.1, -0.05) is 12.8 Å². The standard InChI is InChI=1S/C11H20NO/c13-11-7-2-1-4-8-12-9-5-3-6-10-12/h1-10H2. The molecule has 1 radical (unpaired) electrons. The van der Waals surface area contributed by atoms with Crippen molar-refractivity contribution in [3.05, 3.63) is 0 Å². The molecule has 0 spiro atoms. The third kappa shape index (κ3) is 5.04. The van der Waals surface area contributed by atoms with E-state index in [2.05, 4.69) is 4.90 Å². The summed E-state index contributed by atoms with van der Waals surface area (Å²) in [4.78, 5) is 12.5. The van der Waals surface area contributed by atoms with E-state index in [4.69, 9.17) is 0 Å². The zero-order chi connectivity index (χ0) is 9.36. The molecule has 75 valence electrons. The largest absolute Gasteiger partial charge is 0.303 e. The predicted octanol–water partition coefficient (Wildman–Crippen LogP) is 2.14. The lowest BCUT2D eigenvalue weighted by Gasteiger charge is -2.26. The van der Waals surface area contributed by atoms with Crippen LogP contribution in [0.5, 0.6) is 0 Å². The van der Waals surface area contributed by atoms with Gasteiger partial charge in [0.15, 0.2) is 6.29 Å². The minimum Gasteiger partial charge on any atom is -0.303 e. The highest BCUT2D eigenvalue weighted by atomic mass is 16.1. The first-order valence-electron chi connectivity index (χ1n) is 5.51. The highest BCUT2D eigenvalue weighted by Crippen LogP contribution is 2.09. The van der Waals surface area contributed by atoms with Crippen LogP contribution >= 0.6 is 0 Å². The van der Waals surface area contributed by atoms with Crippen molar-refractivity contribution in [3.63, 3.8) is 0 Å². The molecule has 0 N–H and O–H groups in total. The molecule has 1 rings (SSSR count). The average Bonchev–Trinajstić information content (AvgIpc) is 2.19. The molecule has 0 unspecified atom stereocenters. The van der Waals surface area contributed by atoms with Crippen molar-refractivity contribution in [1.29, 1.82) is 0 Å². The van der Waals surface area contributed by atoms with Gasteiger partial charge in [-0.2, -0.15) is 0 Å². The molecule has 0 saturated carbocycles. The van der Waals surface area contributed by atoms with Crippen LogP contribution in [0.2, 0.25) is 0 Å². The summed E-state index contributed by atoms with van der Waals surface area (Å²) in [6, 6.07) is 0. The summed E-state index contributed by atoms with van der Waals surface area (Å²) in [5, 5.41) is 0. The zero-order valence-corrected chi connectivity index (χ0v) is 8.43. The third-order valence-corrected chi connectivity index (χ3v) is 2.70. The van der Waals surface area contributed by atoms with E-state index in [1.165, 1.54) is 51.7 Å². The minimum absolute atomic E-state index is 0.625. The molecule has 1 aliphatic heterocycles. The van der Waals surface area contributed by atoms with Gasteiger partial charge in [-0.15, -0.1) is 0 Å². The number of hydrogen-bond acceptors (Lipinski definition) is 2. The summed E-state index contributed by atoms with van der Waals surface area (Å²) in [7, 11) is 0. The van der Waals surface area contributed by atoms with Crippen LogP contribution in [0, 0.1) is 0 Å². The second-order valence-electron chi connectivity index (χ2n) is 3.86. The van der Waals surface area contributed by atoms with Gasteiger partial charge in [-0.3, -0.25) is 4.79 Å². The topological polar surface area (TPSA) is 20.3 Å². The van der Waals surface area contributed by atoms with Crippen molar-refractivity contribution < 1.29 is 4.79 Å². The summed E-state index contributed by atoms with van der Waals surface area (Å²) < 4.78 is 0. The highest BCUT2D eigenvalue weighted by molar-refractivity contribution is 5.50. The molecule has 1 saturated heterocycles. The fourth-order valence-corrected chi connectivity index (χ4v) is 1.89. The van der Waals surface area contributed by atoms with Crippen molar-refractivity contribution in [3.8, 4) is 0 Å². The molecule has 0 aromatic carbocycles. The van der Waals surface area contributed by atoms with Crippen molar-refractivity contribution in [1.82, 2.24) is 4.90 Å². The molecule has 0 atom stereocenters. The molecule has 0 aromatic heterocycles. The van der Waals surface area contributed by atoms with E-state index < -0.39 is 0 Å². The van der Waals surface area contributed by atoms with E-state index in [9.17, 15) is 4.79 Å². The lowest BCUT2D eigenvalue weighted by Crippen LogP contribution is -2.30. The summed E-state index contributed by atoms with van der Waals surface area (Å²) in [5.41, 5.74) is 0. The van der Waals surface area contributed by atoms with Gasteiger partial charge >= 0.3 is 0 Å². The van der Waals surface area contributed by atoms with Crippen LogP contribution in [0.25, 0.3) is 0 Å². The number of hydrogen-bond donors (Lipinski definition) is 0. The Morgan fingerprint density at radius 3 is 2.46 bits per heavy atom. The second kappa shape index (κ2) is 7.07. The number of piperidine rings is 1. The summed E-state index contributed by atoms with van der Waals surface area (Å²) >= 11 is 0. The summed E-state index contributed by atoms with van der Waals surface area (Å²) in [6.07, 6.45) is 10.2. The van der Waals surface area contributed by atoms with Crippen LogP contribution < -0.4 is 0 Å². The molecule has 2 heteroatoms. The fourth-order valence-electron chi connectivity index (χ4n) is 1.89. The Hall–Kier alpha value is -0.370. The van der Waals surface area contributed by atoms with Crippen LogP contribution in [-0.4, -0.2) is 30.8 Å². The second-order valence-corrected chi connectivity index (χ2v) is 3.86. The molecule has 0 aromatic rings. The molecular weight excluding hydrogens is 162 g/mol. The number of nitrogens with zero attached hydrogens (tertiary/aromatic N) is 1. The number of unbranched alkanes of at least 4 members (excludes halogenated alkanes) is 3. The smallest absolute Gasteiger partial charge is 0.198 e. The number of likely N-dealkylation sites (tertiary alicyclic amines) is 1. The predicted molar refractivity (Wildman–Crippen MR) is 54.5 cm³/mol. The van der Waals surface area contributed by atoms with Gasteiger partial charge in [-0.05, 0) is 45.3 Å². The Bertz CT molecular complexity index is 130. The van der Waals surface area contributed by atoms with Crippen molar-refractivity contribution in [2.45, 2.75) is 44.9 Å². The van der Waals surface area contributed by atoms with E-state index in [-0.39, 0.29) is 0 Å². The van der Waals surface area contributed by atoms with Crippen LogP contribution in [0.15, 0.2) is 0 Å². The van der Waals surface area contributed by atoms with Crippen LogP contribution in [0.1, 0.15) is 44.9 Å². The fraction of sp³-hybridized carbons (Fsp3) is 0.909. The Balaban J connectivity index is 1.89. The monoisotopic (exact) mass is 182 g/mol. The van der Waals surface area contributed by atoms with E-state index >= 15 is 0 Å². The summed E-state index contributed by atoms with van der Waals surface area (Å²) in [6.45, 7) is 3.82. The molecule has 1 heterocycles. The molecule has 2 nitrogen and oxygen atoms in total. The molecule has 0 amide bonds. The first-order chi connectivity index (χ1) is 6.43. The van der Waals surface area contributed by atoms with E-state index in [1.807, 2.05) is 6.29 Å². The Kier molecular flexibility index (Phi) is 5.83. The Morgan fingerprint density at radius 2 is 1.77 bits per heavy atom. The number of rotatable bonds is 6. The maximum Gasteiger partial charge on any atom is 0.198 e.